The van der Waals surface area contributed by atoms with Gasteiger partial charge in [-0.15, -0.1) is 0 Å². The summed E-state index contributed by atoms with van der Waals surface area (Å²) in [5.74, 6) is -3.07. The van der Waals surface area contributed by atoms with Gasteiger partial charge in [-0.05, 0) is 17.5 Å². The van der Waals surface area contributed by atoms with Crippen molar-refractivity contribution in [3.05, 3.63) is 42.0 Å². The van der Waals surface area contributed by atoms with Crippen molar-refractivity contribution in [1.29, 1.82) is 0 Å². The van der Waals surface area contributed by atoms with E-state index in [1.54, 1.807) is 18.2 Å². The molecule has 0 saturated carbocycles. The molecule has 4 heteroatoms. The molecule has 0 heterocycles. The highest BCUT2D eigenvalue weighted by molar-refractivity contribution is 5.94. The summed E-state index contributed by atoms with van der Waals surface area (Å²) in [5, 5.41) is 8.92. The molecule has 0 aromatic heterocycles. The van der Waals surface area contributed by atoms with Crippen molar-refractivity contribution < 1.29 is 19.4 Å². The molecular formula is C13H14O4. The van der Waals surface area contributed by atoms with Crippen LogP contribution in [0.4, 0.5) is 0 Å². The summed E-state index contributed by atoms with van der Waals surface area (Å²) in [6.07, 6.45) is 1.82. The molecule has 0 fully saturated rings. The predicted octanol–water partition coefficient (Wildman–Crippen LogP) is 1.75. The van der Waals surface area contributed by atoms with Gasteiger partial charge in [0.1, 0.15) is 0 Å². The van der Waals surface area contributed by atoms with Gasteiger partial charge in [0.2, 0.25) is 0 Å². The first-order valence-electron chi connectivity index (χ1n) is 5.10. The second kappa shape index (κ2) is 5.84. The maximum atomic E-state index is 11.3. The van der Waals surface area contributed by atoms with Gasteiger partial charge in [0.15, 0.2) is 5.92 Å². The van der Waals surface area contributed by atoms with Crippen LogP contribution in [0.25, 0.3) is 6.08 Å². The lowest BCUT2D eigenvalue weighted by molar-refractivity contribution is -0.156. The molecule has 4 nitrogen and oxygen atoms in total. The Kier molecular flexibility index (Phi) is 4.46. The van der Waals surface area contributed by atoms with Crippen molar-refractivity contribution in [1.82, 2.24) is 0 Å². The number of esters is 1. The highest BCUT2D eigenvalue weighted by Gasteiger charge is 2.27. The van der Waals surface area contributed by atoms with Crippen LogP contribution in [-0.2, 0) is 20.7 Å². The van der Waals surface area contributed by atoms with Gasteiger partial charge in [-0.3, -0.25) is 9.59 Å². The Labute approximate surface area is 99.5 Å². The second-order valence-corrected chi connectivity index (χ2v) is 3.56. The first-order chi connectivity index (χ1) is 8.08. The highest BCUT2D eigenvalue weighted by Crippen LogP contribution is 2.12. The third-order valence-electron chi connectivity index (χ3n) is 2.44. The molecule has 0 spiro atoms. The lowest BCUT2D eigenvalue weighted by Gasteiger charge is -2.10. The van der Waals surface area contributed by atoms with E-state index in [4.69, 9.17) is 5.11 Å². The largest absolute Gasteiger partial charge is 0.481 e. The fraction of sp³-hybridized carbons (Fsp3) is 0.231. The number of carboxylic acids is 1. The number of ether oxygens (including phenoxy) is 1. The molecule has 0 aliphatic rings. The van der Waals surface area contributed by atoms with Gasteiger partial charge < -0.3 is 9.84 Å². The Morgan fingerprint density at radius 1 is 1.41 bits per heavy atom. The molecule has 1 aromatic rings. The van der Waals surface area contributed by atoms with Crippen LogP contribution >= 0.6 is 0 Å². The molecule has 0 amide bonds. The lowest BCUT2D eigenvalue weighted by atomic mass is 9.99. The van der Waals surface area contributed by atoms with Gasteiger partial charge in [-0.25, -0.2) is 0 Å². The standard InChI is InChI=1S/C13H14O4/c1-3-9-4-6-10(7-5-9)8-11(12(14)15)13(16)17-2/h3-7,11H,1,8H2,2H3,(H,14,15). The summed E-state index contributed by atoms with van der Waals surface area (Å²) in [7, 11) is 1.18. The topological polar surface area (TPSA) is 63.6 Å². The zero-order valence-electron chi connectivity index (χ0n) is 9.55. The fourth-order valence-corrected chi connectivity index (χ4v) is 1.44. The number of benzene rings is 1. The molecule has 0 aliphatic carbocycles. The summed E-state index contributed by atoms with van der Waals surface area (Å²) in [6.45, 7) is 3.62. The van der Waals surface area contributed by atoms with Crippen molar-refractivity contribution in [2.45, 2.75) is 6.42 Å². The SMILES string of the molecule is C=Cc1ccc(CC(C(=O)O)C(=O)OC)cc1. The van der Waals surface area contributed by atoms with Gasteiger partial charge in [0, 0.05) is 0 Å². The zero-order valence-corrected chi connectivity index (χ0v) is 9.55. The van der Waals surface area contributed by atoms with Crippen LogP contribution in [0.15, 0.2) is 30.8 Å². The van der Waals surface area contributed by atoms with E-state index in [9.17, 15) is 9.59 Å². The summed E-state index contributed by atoms with van der Waals surface area (Å²) >= 11 is 0. The smallest absolute Gasteiger partial charge is 0.320 e. The molecule has 0 saturated heterocycles. The molecule has 1 atom stereocenters. The van der Waals surface area contributed by atoms with Gasteiger partial charge in [0.05, 0.1) is 7.11 Å². The number of carboxylic acid groups (broad SMARTS) is 1. The number of methoxy groups -OCH3 is 1. The quantitative estimate of drug-likeness (QED) is 0.622. The third-order valence-corrected chi connectivity index (χ3v) is 2.44. The Balaban J connectivity index is 2.82. The Hall–Kier alpha value is -2.10. The highest BCUT2D eigenvalue weighted by atomic mass is 16.5. The monoisotopic (exact) mass is 234 g/mol. The normalized spacial score (nSPS) is 11.6. The lowest BCUT2D eigenvalue weighted by Crippen LogP contribution is -2.27. The predicted molar refractivity (Wildman–Crippen MR) is 63.4 cm³/mol. The molecule has 1 rings (SSSR count). The number of carbonyl (C=O) groups is 2. The van der Waals surface area contributed by atoms with E-state index >= 15 is 0 Å². The van der Waals surface area contributed by atoms with Crippen LogP contribution < -0.4 is 0 Å². The number of hydrogen-bond donors (Lipinski definition) is 1. The molecule has 0 aliphatic heterocycles. The van der Waals surface area contributed by atoms with Crippen LogP contribution in [-0.4, -0.2) is 24.2 Å². The first-order valence-corrected chi connectivity index (χ1v) is 5.10. The third kappa shape index (κ3) is 3.45. The molecular weight excluding hydrogens is 220 g/mol. The van der Waals surface area contributed by atoms with Gasteiger partial charge in [-0.2, -0.15) is 0 Å². The van der Waals surface area contributed by atoms with Crippen LogP contribution in [0, 0.1) is 5.92 Å². The zero-order chi connectivity index (χ0) is 12.8. The summed E-state index contributed by atoms with van der Waals surface area (Å²) in [4.78, 5) is 22.2. The van der Waals surface area contributed by atoms with Crippen molar-refractivity contribution in [2.24, 2.45) is 5.92 Å². The molecule has 0 bridgehead atoms. The number of carbonyl (C=O) groups excluding carboxylic acids is 1. The maximum Gasteiger partial charge on any atom is 0.320 e. The van der Waals surface area contributed by atoms with E-state index in [0.29, 0.717) is 0 Å². The molecule has 17 heavy (non-hydrogen) atoms. The first kappa shape index (κ1) is 13.0. The average molecular weight is 234 g/mol. The van der Waals surface area contributed by atoms with Gasteiger partial charge in [0.25, 0.3) is 0 Å². The Morgan fingerprint density at radius 2 is 2.00 bits per heavy atom. The van der Waals surface area contributed by atoms with Crippen LogP contribution in [0.2, 0.25) is 0 Å². The maximum absolute atomic E-state index is 11.3. The molecule has 1 N–H and O–H groups in total. The number of rotatable bonds is 5. The Morgan fingerprint density at radius 3 is 2.41 bits per heavy atom. The van der Waals surface area contributed by atoms with Crippen LogP contribution in [0.3, 0.4) is 0 Å². The van der Waals surface area contributed by atoms with Crippen molar-refractivity contribution in [3.8, 4) is 0 Å². The fourth-order valence-electron chi connectivity index (χ4n) is 1.44. The van der Waals surface area contributed by atoms with Crippen molar-refractivity contribution in [3.63, 3.8) is 0 Å². The van der Waals surface area contributed by atoms with E-state index in [0.717, 1.165) is 11.1 Å². The minimum absolute atomic E-state index is 0.124. The van der Waals surface area contributed by atoms with Gasteiger partial charge in [-0.1, -0.05) is 36.9 Å². The number of hydrogen-bond acceptors (Lipinski definition) is 3. The summed E-state index contributed by atoms with van der Waals surface area (Å²) in [6, 6.07) is 7.18. The molecule has 1 unspecified atom stereocenters. The summed E-state index contributed by atoms with van der Waals surface area (Å²) < 4.78 is 4.45. The minimum atomic E-state index is -1.18. The molecule has 90 valence electrons. The van der Waals surface area contributed by atoms with Crippen LogP contribution in [0.1, 0.15) is 11.1 Å². The average Bonchev–Trinajstić information content (AvgIpc) is 2.35. The van der Waals surface area contributed by atoms with Crippen LogP contribution in [0.5, 0.6) is 0 Å². The van der Waals surface area contributed by atoms with E-state index in [1.807, 2.05) is 12.1 Å². The molecule has 1 aromatic carbocycles. The van der Waals surface area contributed by atoms with Crippen molar-refractivity contribution in [2.75, 3.05) is 7.11 Å². The van der Waals surface area contributed by atoms with Crippen molar-refractivity contribution >= 4 is 18.0 Å². The second-order valence-electron chi connectivity index (χ2n) is 3.56. The van der Waals surface area contributed by atoms with E-state index in [-0.39, 0.29) is 6.42 Å². The van der Waals surface area contributed by atoms with E-state index in [1.165, 1.54) is 7.11 Å². The summed E-state index contributed by atoms with van der Waals surface area (Å²) in [5.41, 5.74) is 1.71. The van der Waals surface area contributed by atoms with E-state index < -0.39 is 17.9 Å². The Bertz CT molecular complexity index is 420. The van der Waals surface area contributed by atoms with E-state index in [2.05, 4.69) is 11.3 Å². The van der Waals surface area contributed by atoms with Gasteiger partial charge >= 0.3 is 11.9 Å². The number of aliphatic carboxylic acids is 1. The minimum Gasteiger partial charge on any atom is -0.481 e. The molecule has 0 radical (unpaired) electrons.